The molecule has 0 atom stereocenters. The Kier molecular flexibility index (Phi) is 5.89. The number of aromatic nitrogens is 4. The first-order valence-electron chi connectivity index (χ1n) is 7.00. The Morgan fingerprint density at radius 3 is 2.67 bits per heavy atom. The smallest absolute Gasteiger partial charge is 0.228 e. The van der Waals surface area contributed by atoms with E-state index in [4.69, 9.17) is 9.26 Å². The minimum Gasteiger partial charge on any atom is -0.374 e. The third kappa shape index (κ3) is 4.99. The van der Waals surface area contributed by atoms with Crippen LogP contribution < -0.4 is 10.6 Å². The zero-order chi connectivity index (χ0) is 14.9. The summed E-state index contributed by atoms with van der Waals surface area (Å²) >= 11 is 0. The Labute approximate surface area is 123 Å². The summed E-state index contributed by atoms with van der Waals surface area (Å²) in [5, 5.41) is 9.97. The second-order valence-corrected chi connectivity index (χ2v) is 4.23. The fourth-order valence-corrected chi connectivity index (χ4v) is 1.72. The van der Waals surface area contributed by atoms with Crippen molar-refractivity contribution in [2.24, 2.45) is 0 Å². The maximum Gasteiger partial charge on any atom is 0.228 e. The average Bonchev–Trinajstić information content (AvgIpc) is 2.99. The van der Waals surface area contributed by atoms with E-state index in [2.05, 4.69) is 30.7 Å². The van der Waals surface area contributed by atoms with Gasteiger partial charge >= 0.3 is 0 Å². The predicted molar refractivity (Wildman–Crippen MR) is 78.0 cm³/mol. The van der Waals surface area contributed by atoms with Crippen LogP contribution in [0.25, 0.3) is 0 Å². The Bertz CT molecular complexity index is 531. The van der Waals surface area contributed by atoms with Crippen molar-refractivity contribution in [3.8, 4) is 0 Å². The lowest BCUT2D eigenvalue weighted by Gasteiger charge is -2.10. The highest BCUT2D eigenvalue weighted by molar-refractivity contribution is 5.47. The van der Waals surface area contributed by atoms with Crippen LogP contribution in [0.5, 0.6) is 0 Å². The van der Waals surface area contributed by atoms with Crippen LogP contribution in [0.2, 0.25) is 0 Å². The quantitative estimate of drug-likeness (QED) is 0.717. The monoisotopic (exact) mass is 292 g/mol. The summed E-state index contributed by atoms with van der Waals surface area (Å²) in [5.41, 5.74) is 0. The molecule has 21 heavy (non-hydrogen) atoms. The van der Waals surface area contributed by atoms with Crippen molar-refractivity contribution in [1.82, 2.24) is 20.1 Å². The molecule has 0 unspecified atom stereocenters. The van der Waals surface area contributed by atoms with E-state index < -0.39 is 0 Å². The molecule has 0 spiro atoms. The van der Waals surface area contributed by atoms with Gasteiger partial charge in [-0.3, -0.25) is 0 Å². The van der Waals surface area contributed by atoms with Gasteiger partial charge in [0.05, 0.1) is 0 Å². The average molecular weight is 292 g/mol. The molecule has 0 fully saturated rings. The molecule has 0 saturated heterocycles. The van der Waals surface area contributed by atoms with Crippen molar-refractivity contribution in [2.45, 2.75) is 26.9 Å². The highest BCUT2D eigenvalue weighted by atomic mass is 16.5. The molecule has 0 radical (unpaired) electrons. The summed E-state index contributed by atoms with van der Waals surface area (Å²) in [4.78, 5) is 12.8. The summed E-state index contributed by atoms with van der Waals surface area (Å²) in [7, 11) is 0. The third-order valence-corrected chi connectivity index (χ3v) is 2.62. The minimum atomic E-state index is 0.397. The first kappa shape index (κ1) is 15.2. The van der Waals surface area contributed by atoms with Crippen molar-refractivity contribution in [3.63, 3.8) is 0 Å². The number of nitrogens with zero attached hydrogens (tertiary/aromatic N) is 4. The van der Waals surface area contributed by atoms with Crippen LogP contribution in [0.15, 0.2) is 16.9 Å². The van der Waals surface area contributed by atoms with E-state index in [0.29, 0.717) is 37.9 Å². The number of rotatable bonds is 9. The van der Waals surface area contributed by atoms with Crippen molar-refractivity contribution < 1.29 is 9.26 Å². The molecule has 2 rings (SSSR count). The lowest BCUT2D eigenvalue weighted by Crippen LogP contribution is -2.11. The zero-order valence-electron chi connectivity index (χ0n) is 12.3. The highest BCUT2D eigenvalue weighted by Crippen LogP contribution is 2.12. The standard InChI is InChI=1S/C13H20N6O2/c1-3-14-10-7-11(19-12(18-10)8-20-4-2)15-6-5-13-16-9-17-21-13/h7,9H,3-6,8H2,1-2H3,(H2,14,15,18,19). The van der Waals surface area contributed by atoms with E-state index in [-0.39, 0.29) is 0 Å². The number of hydrogen-bond donors (Lipinski definition) is 2. The molecule has 114 valence electrons. The molecular formula is C13H20N6O2. The first-order chi connectivity index (χ1) is 10.3. The molecule has 2 N–H and O–H groups in total. The molecule has 0 aliphatic rings. The van der Waals surface area contributed by atoms with Crippen LogP contribution >= 0.6 is 0 Å². The lowest BCUT2D eigenvalue weighted by atomic mass is 10.4. The number of ether oxygens (including phenoxy) is 1. The molecule has 0 aliphatic heterocycles. The van der Waals surface area contributed by atoms with Crippen LogP contribution in [-0.4, -0.2) is 39.8 Å². The van der Waals surface area contributed by atoms with Gasteiger partial charge in [0.15, 0.2) is 12.2 Å². The predicted octanol–water partition coefficient (Wildman–Crippen LogP) is 1.48. The molecule has 0 aliphatic carbocycles. The molecule has 8 heteroatoms. The maximum absolute atomic E-state index is 5.36. The summed E-state index contributed by atoms with van der Waals surface area (Å²) in [6.45, 7) is 6.44. The normalized spacial score (nSPS) is 10.6. The van der Waals surface area contributed by atoms with Gasteiger partial charge in [0, 0.05) is 32.2 Å². The van der Waals surface area contributed by atoms with Gasteiger partial charge in [-0.05, 0) is 13.8 Å². The second kappa shape index (κ2) is 8.15. The Hall–Kier alpha value is -2.22. The van der Waals surface area contributed by atoms with E-state index in [1.165, 1.54) is 6.33 Å². The van der Waals surface area contributed by atoms with Gasteiger partial charge in [-0.25, -0.2) is 9.97 Å². The van der Waals surface area contributed by atoms with Gasteiger partial charge in [-0.2, -0.15) is 4.98 Å². The van der Waals surface area contributed by atoms with E-state index in [9.17, 15) is 0 Å². The summed E-state index contributed by atoms with van der Waals surface area (Å²) in [6, 6.07) is 1.87. The largest absolute Gasteiger partial charge is 0.374 e. The molecule has 0 aromatic carbocycles. The third-order valence-electron chi connectivity index (χ3n) is 2.62. The molecule has 0 amide bonds. The van der Waals surface area contributed by atoms with Gasteiger partial charge in [-0.15, -0.1) is 0 Å². The van der Waals surface area contributed by atoms with Crippen LogP contribution in [0.1, 0.15) is 25.6 Å². The summed E-state index contributed by atoms with van der Waals surface area (Å²) in [6.07, 6.45) is 2.03. The van der Waals surface area contributed by atoms with E-state index in [0.717, 1.165) is 18.2 Å². The van der Waals surface area contributed by atoms with E-state index in [1.807, 2.05) is 19.9 Å². The Morgan fingerprint density at radius 1 is 1.19 bits per heavy atom. The zero-order valence-corrected chi connectivity index (χ0v) is 12.3. The van der Waals surface area contributed by atoms with Crippen LogP contribution in [0, 0.1) is 0 Å². The Balaban J connectivity index is 1.97. The van der Waals surface area contributed by atoms with Crippen LogP contribution in [0.3, 0.4) is 0 Å². The minimum absolute atomic E-state index is 0.397. The summed E-state index contributed by atoms with van der Waals surface area (Å²) < 4.78 is 10.3. The number of anilines is 2. The van der Waals surface area contributed by atoms with Crippen molar-refractivity contribution in [2.75, 3.05) is 30.3 Å². The molecular weight excluding hydrogens is 272 g/mol. The van der Waals surface area contributed by atoms with Gasteiger partial charge in [0.25, 0.3) is 0 Å². The van der Waals surface area contributed by atoms with Gasteiger partial charge < -0.3 is 19.9 Å². The van der Waals surface area contributed by atoms with Crippen molar-refractivity contribution in [3.05, 3.63) is 24.1 Å². The van der Waals surface area contributed by atoms with Gasteiger partial charge in [-0.1, -0.05) is 5.16 Å². The summed E-state index contributed by atoms with van der Waals surface area (Å²) in [5.74, 6) is 2.77. The molecule has 0 bridgehead atoms. The maximum atomic E-state index is 5.36. The highest BCUT2D eigenvalue weighted by Gasteiger charge is 2.05. The number of hydrogen-bond acceptors (Lipinski definition) is 8. The van der Waals surface area contributed by atoms with Crippen molar-refractivity contribution >= 4 is 11.6 Å². The fourth-order valence-electron chi connectivity index (χ4n) is 1.72. The van der Waals surface area contributed by atoms with Gasteiger partial charge in [0.2, 0.25) is 5.89 Å². The van der Waals surface area contributed by atoms with Crippen LogP contribution in [0.4, 0.5) is 11.6 Å². The first-order valence-corrected chi connectivity index (χ1v) is 7.00. The van der Waals surface area contributed by atoms with Gasteiger partial charge in [0.1, 0.15) is 18.2 Å². The van der Waals surface area contributed by atoms with Crippen molar-refractivity contribution in [1.29, 1.82) is 0 Å². The van der Waals surface area contributed by atoms with Crippen LogP contribution in [-0.2, 0) is 17.8 Å². The lowest BCUT2D eigenvalue weighted by molar-refractivity contribution is 0.128. The SMILES string of the molecule is CCNc1cc(NCCc2ncno2)nc(COCC)n1. The molecule has 2 aromatic heterocycles. The second-order valence-electron chi connectivity index (χ2n) is 4.23. The molecule has 0 saturated carbocycles. The number of nitrogens with one attached hydrogen (secondary N) is 2. The molecule has 2 heterocycles. The topological polar surface area (TPSA) is 98.0 Å². The molecule has 2 aromatic rings. The fraction of sp³-hybridized carbons (Fsp3) is 0.538. The molecule has 8 nitrogen and oxygen atoms in total. The Morgan fingerprint density at radius 2 is 2.00 bits per heavy atom. The van der Waals surface area contributed by atoms with E-state index in [1.54, 1.807) is 0 Å². The van der Waals surface area contributed by atoms with E-state index >= 15 is 0 Å².